The number of aryl methyl sites for hydroxylation is 1. The molecule has 2 unspecified atom stereocenters. The van der Waals surface area contributed by atoms with E-state index >= 15 is 0 Å². The molecule has 0 saturated carbocycles. The van der Waals surface area contributed by atoms with Gasteiger partial charge in [-0.25, -0.2) is 4.98 Å². The van der Waals surface area contributed by atoms with E-state index in [-0.39, 0.29) is 5.91 Å². The van der Waals surface area contributed by atoms with Crippen LogP contribution in [-0.2, 0) is 0 Å². The highest BCUT2D eigenvalue weighted by Crippen LogP contribution is 2.24. The molecule has 1 aromatic heterocycles. The number of anilines is 2. The summed E-state index contributed by atoms with van der Waals surface area (Å²) in [4.78, 5) is 29.6. The van der Waals surface area contributed by atoms with Crippen LogP contribution < -0.4 is 10.2 Å². The van der Waals surface area contributed by atoms with E-state index in [1.54, 1.807) is 0 Å². The Morgan fingerprint density at radius 2 is 1.66 bits per heavy atom. The third-order valence-electron chi connectivity index (χ3n) is 7.86. The molecule has 3 aliphatic heterocycles. The maximum atomic E-state index is 13.1. The average Bonchev–Trinajstić information content (AvgIpc) is 3.19. The van der Waals surface area contributed by atoms with Crippen molar-refractivity contribution in [3.05, 3.63) is 47.7 Å². The molecule has 0 aliphatic carbocycles. The van der Waals surface area contributed by atoms with Gasteiger partial charge < -0.3 is 15.1 Å². The van der Waals surface area contributed by atoms with E-state index in [1.807, 2.05) is 36.5 Å². The van der Waals surface area contributed by atoms with Gasteiger partial charge in [0.25, 0.3) is 5.91 Å². The Bertz CT molecular complexity index is 972. The minimum atomic E-state index is 0.167. The smallest absolute Gasteiger partial charge is 0.253 e. The maximum Gasteiger partial charge on any atom is 0.253 e. The molecule has 1 amide bonds. The normalized spacial score (nSPS) is 24.1. The number of carbonyl (C=O) groups is 1. The highest BCUT2D eigenvalue weighted by molar-refractivity contribution is 5.94. The van der Waals surface area contributed by atoms with E-state index in [4.69, 9.17) is 4.98 Å². The molecule has 1 N–H and O–H groups in total. The van der Waals surface area contributed by atoms with E-state index < -0.39 is 0 Å². The Morgan fingerprint density at radius 3 is 2.46 bits per heavy atom. The van der Waals surface area contributed by atoms with E-state index in [9.17, 15) is 4.79 Å². The molecule has 5 rings (SSSR count). The fourth-order valence-corrected chi connectivity index (χ4v) is 5.85. The van der Waals surface area contributed by atoms with Crippen LogP contribution in [0.3, 0.4) is 0 Å². The van der Waals surface area contributed by atoms with Crippen LogP contribution in [0, 0.1) is 6.92 Å². The summed E-state index contributed by atoms with van der Waals surface area (Å²) >= 11 is 0. The third kappa shape index (κ3) is 6.13. The van der Waals surface area contributed by atoms with Crippen LogP contribution in [0.5, 0.6) is 0 Å². The molecule has 188 valence electrons. The zero-order chi connectivity index (χ0) is 24.0. The van der Waals surface area contributed by atoms with E-state index in [0.717, 1.165) is 82.3 Å². The first-order chi connectivity index (χ1) is 17.2. The van der Waals surface area contributed by atoms with Gasteiger partial charge in [0.2, 0.25) is 5.95 Å². The minimum absolute atomic E-state index is 0.167. The Labute approximate surface area is 209 Å². The Kier molecular flexibility index (Phi) is 7.82. The van der Waals surface area contributed by atoms with Crippen LogP contribution in [0.25, 0.3) is 0 Å². The van der Waals surface area contributed by atoms with Gasteiger partial charge in [0.05, 0.1) is 0 Å². The number of amides is 1. The summed E-state index contributed by atoms with van der Waals surface area (Å²) in [5.41, 5.74) is 1.99. The number of nitrogens with one attached hydrogen (secondary N) is 1. The highest BCUT2D eigenvalue weighted by atomic mass is 16.2. The van der Waals surface area contributed by atoms with E-state index in [0.29, 0.717) is 12.1 Å². The van der Waals surface area contributed by atoms with Crippen molar-refractivity contribution in [2.24, 2.45) is 0 Å². The lowest BCUT2D eigenvalue weighted by atomic mass is 9.98. The number of benzene rings is 1. The molecule has 0 spiro atoms. The maximum absolute atomic E-state index is 13.1. The van der Waals surface area contributed by atoms with Gasteiger partial charge in [0.15, 0.2) is 0 Å². The SMILES string of the molecule is Cc1ccc(C(=O)N2CCCC(N3CCCC(Nc4nccc(N5CCCCCC5)n4)C3)C2)cc1. The van der Waals surface area contributed by atoms with Gasteiger partial charge in [-0.05, 0) is 70.2 Å². The number of nitrogens with zero attached hydrogens (tertiary/aromatic N) is 5. The molecule has 3 fully saturated rings. The van der Waals surface area contributed by atoms with Crippen molar-refractivity contribution in [1.82, 2.24) is 19.8 Å². The molecular weight excluding hydrogens is 436 g/mol. The van der Waals surface area contributed by atoms with Crippen molar-refractivity contribution < 1.29 is 4.79 Å². The molecule has 4 heterocycles. The molecular formula is C28H40N6O. The van der Waals surface area contributed by atoms with E-state index in [1.165, 1.54) is 31.2 Å². The fourth-order valence-electron chi connectivity index (χ4n) is 5.85. The molecule has 7 heteroatoms. The number of hydrogen-bond acceptors (Lipinski definition) is 6. The van der Waals surface area contributed by atoms with Gasteiger partial charge in [-0.15, -0.1) is 0 Å². The van der Waals surface area contributed by atoms with Crippen LogP contribution in [0.4, 0.5) is 11.8 Å². The summed E-state index contributed by atoms with van der Waals surface area (Å²) < 4.78 is 0. The van der Waals surface area contributed by atoms with Gasteiger partial charge >= 0.3 is 0 Å². The number of aromatic nitrogens is 2. The highest BCUT2D eigenvalue weighted by Gasteiger charge is 2.31. The summed E-state index contributed by atoms with van der Waals surface area (Å²) in [5.74, 6) is 1.97. The number of likely N-dealkylation sites (tertiary alicyclic amines) is 2. The first-order valence-electron chi connectivity index (χ1n) is 13.6. The molecule has 0 radical (unpaired) electrons. The van der Waals surface area contributed by atoms with Crippen molar-refractivity contribution in [3.8, 4) is 0 Å². The summed E-state index contributed by atoms with van der Waals surface area (Å²) in [6.07, 6.45) is 11.5. The Morgan fingerprint density at radius 1 is 0.886 bits per heavy atom. The molecule has 3 aliphatic rings. The molecule has 7 nitrogen and oxygen atoms in total. The van der Waals surface area contributed by atoms with Gasteiger partial charge in [-0.3, -0.25) is 9.69 Å². The van der Waals surface area contributed by atoms with Crippen molar-refractivity contribution in [2.75, 3.05) is 49.5 Å². The monoisotopic (exact) mass is 476 g/mol. The minimum Gasteiger partial charge on any atom is -0.356 e. The van der Waals surface area contributed by atoms with Crippen molar-refractivity contribution in [2.45, 2.75) is 70.4 Å². The van der Waals surface area contributed by atoms with Gasteiger partial charge in [-0.2, -0.15) is 4.98 Å². The molecule has 0 bridgehead atoms. The van der Waals surface area contributed by atoms with Crippen LogP contribution >= 0.6 is 0 Å². The number of carbonyl (C=O) groups excluding carboxylic acids is 1. The zero-order valence-electron chi connectivity index (χ0n) is 21.2. The average molecular weight is 477 g/mol. The van der Waals surface area contributed by atoms with Crippen molar-refractivity contribution >= 4 is 17.7 Å². The largest absolute Gasteiger partial charge is 0.356 e. The first-order valence-corrected chi connectivity index (χ1v) is 13.6. The van der Waals surface area contributed by atoms with Gasteiger partial charge in [-0.1, -0.05) is 30.5 Å². The lowest BCUT2D eigenvalue weighted by molar-refractivity contribution is 0.0526. The molecule has 2 atom stereocenters. The van der Waals surface area contributed by atoms with Crippen LogP contribution in [0.15, 0.2) is 36.5 Å². The standard InChI is InChI=1S/C28H40N6O/c1-22-10-12-23(13-11-22)27(35)34-19-7-9-25(21-34)33-18-6-8-24(20-33)30-28-29-15-14-26(31-28)32-16-4-2-3-5-17-32/h10-15,24-25H,2-9,16-21H2,1H3,(H,29,30,31). The quantitative estimate of drug-likeness (QED) is 0.692. The molecule has 35 heavy (non-hydrogen) atoms. The first kappa shape index (κ1) is 24.0. The predicted molar refractivity (Wildman–Crippen MR) is 141 cm³/mol. The summed E-state index contributed by atoms with van der Waals surface area (Å²) in [7, 11) is 0. The lowest BCUT2D eigenvalue weighted by Gasteiger charge is -2.43. The Balaban J connectivity index is 1.19. The third-order valence-corrected chi connectivity index (χ3v) is 7.86. The molecule has 1 aromatic carbocycles. The lowest BCUT2D eigenvalue weighted by Crippen LogP contribution is -2.54. The van der Waals surface area contributed by atoms with Gasteiger partial charge in [0.1, 0.15) is 5.82 Å². The van der Waals surface area contributed by atoms with Crippen LogP contribution in [0.2, 0.25) is 0 Å². The second-order valence-electron chi connectivity index (χ2n) is 10.5. The summed E-state index contributed by atoms with van der Waals surface area (Å²) in [6, 6.07) is 10.8. The summed E-state index contributed by atoms with van der Waals surface area (Å²) in [6.45, 7) is 8.00. The Hall–Kier alpha value is -2.67. The van der Waals surface area contributed by atoms with Gasteiger partial charge in [0, 0.05) is 56.6 Å². The zero-order valence-corrected chi connectivity index (χ0v) is 21.2. The van der Waals surface area contributed by atoms with Crippen molar-refractivity contribution in [1.29, 1.82) is 0 Å². The molecule has 2 aromatic rings. The van der Waals surface area contributed by atoms with E-state index in [2.05, 4.69) is 31.9 Å². The van der Waals surface area contributed by atoms with Crippen molar-refractivity contribution in [3.63, 3.8) is 0 Å². The number of hydrogen-bond donors (Lipinski definition) is 1. The second kappa shape index (κ2) is 11.4. The number of piperidine rings is 2. The van der Waals surface area contributed by atoms with Crippen LogP contribution in [0.1, 0.15) is 67.3 Å². The molecule has 3 saturated heterocycles. The number of rotatable bonds is 5. The summed E-state index contributed by atoms with van der Waals surface area (Å²) in [5, 5.41) is 3.64. The second-order valence-corrected chi connectivity index (χ2v) is 10.5. The topological polar surface area (TPSA) is 64.6 Å². The van der Waals surface area contributed by atoms with Crippen LogP contribution in [-0.4, -0.2) is 77.0 Å². The fraction of sp³-hybridized carbons (Fsp3) is 0.607. The predicted octanol–water partition coefficient (Wildman–Crippen LogP) is 4.35.